The maximum absolute atomic E-state index is 5.89. The molecule has 0 radical (unpaired) electrons. The molecule has 0 aromatic heterocycles. The van der Waals surface area contributed by atoms with Crippen LogP contribution in [0.4, 0.5) is 0 Å². The molecule has 0 aliphatic carbocycles. The standard InChI is InChI=1S/C24H27O3P/c1-20(26-18-17-25-2)19-27-21-13-15-24(16-14-21)28(22-9-5-3-6-10-22)23-11-7-4-8-12-23/h3-16,20H,17-19H2,1-2H3. The molecule has 3 rings (SSSR count). The van der Waals surface area contributed by atoms with Crippen LogP contribution in [0.2, 0.25) is 0 Å². The van der Waals surface area contributed by atoms with E-state index in [-0.39, 0.29) is 6.10 Å². The highest BCUT2D eigenvalue weighted by Crippen LogP contribution is 2.33. The second kappa shape index (κ2) is 11.0. The SMILES string of the molecule is COCCOC(C)COc1ccc(P(c2ccccc2)c2ccccc2)cc1. The molecule has 0 heterocycles. The molecule has 0 aliphatic rings. The Balaban J connectivity index is 1.71. The first kappa shape index (κ1) is 20.5. The predicted molar refractivity (Wildman–Crippen MR) is 118 cm³/mol. The van der Waals surface area contributed by atoms with Crippen molar-refractivity contribution in [3.63, 3.8) is 0 Å². The number of methoxy groups -OCH3 is 1. The minimum absolute atomic E-state index is 0.0283. The van der Waals surface area contributed by atoms with Crippen LogP contribution in [0.5, 0.6) is 5.75 Å². The fraction of sp³-hybridized carbons (Fsp3) is 0.250. The predicted octanol–water partition coefficient (Wildman–Crippen LogP) is 3.88. The number of ether oxygens (including phenoxy) is 3. The molecule has 0 saturated heterocycles. The van der Waals surface area contributed by atoms with E-state index in [9.17, 15) is 0 Å². The molecule has 0 aliphatic heterocycles. The van der Waals surface area contributed by atoms with Crippen LogP contribution in [0, 0.1) is 0 Å². The van der Waals surface area contributed by atoms with Crippen molar-refractivity contribution in [1.29, 1.82) is 0 Å². The Morgan fingerprint density at radius 3 is 1.79 bits per heavy atom. The molecular weight excluding hydrogens is 367 g/mol. The van der Waals surface area contributed by atoms with E-state index in [0.29, 0.717) is 19.8 Å². The average Bonchev–Trinajstić information content (AvgIpc) is 2.75. The average molecular weight is 394 g/mol. The van der Waals surface area contributed by atoms with Crippen molar-refractivity contribution in [3.05, 3.63) is 84.9 Å². The fourth-order valence-corrected chi connectivity index (χ4v) is 5.17. The molecule has 1 atom stereocenters. The molecule has 146 valence electrons. The van der Waals surface area contributed by atoms with Gasteiger partial charge in [0.25, 0.3) is 0 Å². The van der Waals surface area contributed by atoms with Crippen LogP contribution in [0.3, 0.4) is 0 Å². The van der Waals surface area contributed by atoms with Crippen molar-refractivity contribution in [1.82, 2.24) is 0 Å². The molecule has 0 spiro atoms. The van der Waals surface area contributed by atoms with Gasteiger partial charge in [0.05, 0.1) is 19.3 Å². The molecule has 0 amide bonds. The molecule has 3 nitrogen and oxygen atoms in total. The van der Waals surface area contributed by atoms with Gasteiger partial charge in [-0.05, 0) is 42.9 Å². The van der Waals surface area contributed by atoms with Gasteiger partial charge in [-0.25, -0.2) is 0 Å². The Kier molecular flexibility index (Phi) is 8.05. The normalized spacial score (nSPS) is 12.1. The topological polar surface area (TPSA) is 27.7 Å². The summed E-state index contributed by atoms with van der Waals surface area (Å²) < 4.78 is 16.5. The Morgan fingerprint density at radius 2 is 1.25 bits per heavy atom. The maximum Gasteiger partial charge on any atom is 0.119 e. The Labute approximate surface area is 169 Å². The third-order valence-corrected chi connectivity index (χ3v) is 6.74. The van der Waals surface area contributed by atoms with Gasteiger partial charge in [-0.1, -0.05) is 72.8 Å². The lowest BCUT2D eigenvalue weighted by molar-refractivity contribution is 0.00426. The summed E-state index contributed by atoms with van der Waals surface area (Å²) in [7, 11) is 1.09. The van der Waals surface area contributed by atoms with Crippen LogP contribution in [0.1, 0.15) is 6.92 Å². The smallest absolute Gasteiger partial charge is 0.119 e. The molecule has 3 aromatic carbocycles. The fourth-order valence-electron chi connectivity index (χ4n) is 2.89. The van der Waals surface area contributed by atoms with E-state index in [2.05, 4.69) is 84.9 Å². The summed E-state index contributed by atoms with van der Waals surface area (Å²) in [5, 5.41) is 4.00. The zero-order chi connectivity index (χ0) is 19.6. The molecule has 28 heavy (non-hydrogen) atoms. The zero-order valence-corrected chi connectivity index (χ0v) is 17.3. The summed E-state index contributed by atoms with van der Waals surface area (Å²) in [4.78, 5) is 0. The maximum atomic E-state index is 5.89. The first-order valence-corrected chi connectivity index (χ1v) is 10.9. The van der Waals surface area contributed by atoms with Crippen LogP contribution >= 0.6 is 7.92 Å². The minimum atomic E-state index is -0.584. The number of hydrogen-bond donors (Lipinski definition) is 0. The van der Waals surface area contributed by atoms with Gasteiger partial charge in [0.2, 0.25) is 0 Å². The first-order chi connectivity index (χ1) is 13.8. The van der Waals surface area contributed by atoms with E-state index in [4.69, 9.17) is 14.2 Å². The Bertz CT molecular complexity index is 767. The van der Waals surface area contributed by atoms with Crippen molar-refractivity contribution in [2.24, 2.45) is 0 Å². The molecular formula is C24H27O3P. The molecule has 3 aromatic rings. The van der Waals surface area contributed by atoms with Crippen molar-refractivity contribution >= 4 is 23.8 Å². The Hall–Kier alpha value is -2.19. The highest BCUT2D eigenvalue weighted by Gasteiger charge is 2.16. The molecule has 4 heteroatoms. The van der Waals surface area contributed by atoms with E-state index in [1.807, 2.05) is 6.92 Å². The lowest BCUT2D eigenvalue weighted by Crippen LogP contribution is -2.21. The minimum Gasteiger partial charge on any atom is -0.491 e. The van der Waals surface area contributed by atoms with Gasteiger partial charge < -0.3 is 14.2 Å². The van der Waals surface area contributed by atoms with Gasteiger partial charge in [0, 0.05) is 7.11 Å². The van der Waals surface area contributed by atoms with Crippen molar-refractivity contribution in [3.8, 4) is 5.75 Å². The van der Waals surface area contributed by atoms with Crippen molar-refractivity contribution < 1.29 is 14.2 Å². The van der Waals surface area contributed by atoms with Crippen molar-refractivity contribution in [2.75, 3.05) is 26.9 Å². The van der Waals surface area contributed by atoms with E-state index < -0.39 is 7.92 Å². The second-order valence-electron chi connectivity index (χ2n) is 6.49. The first-order valence-electron chi connectivity index (χ1n) is 9.51. The van der Waals surface area contributed by atoms with Gasteiger partial charge in [-0.2, -0.15) is 0 Å². The second-order valence-corrected chi connectivity index (χ2v) is 8.71. The number of benzene rings is 3. The Morgan fingerprint density at radius 1 is 0.714 bits per heavy atom. The van der Waals surface area contributed by atoms with E-state index in [1.165, 1.54) is 15.9 Å². The molecule has 1 unspecified atom stereocenters. The zero-order valence-electron chi connectivity index (χ0n) is 16.5. The molecule has 0 saturated carbocycles. The summed E-state index contributed by atoms with van der Waals surface area (Å²) in [5.41, 5.74) is 0. The summed E-state index contributed by atoms with van der Waals surface area (Å²) in [6.07, 6.45) is 0.0283. The summed E-state index contributed by atoms with van der Waals surface area (Å²) in [6.45, 7) is 3.71. The largest absolute Gasteiger partial charge is 0.491 e. The lowest BCUT2D eigenvalue weighted by atomic mass is 10.3. The van der Waals surface area contributed by atoms with E-state index >= 15 is 0 Å². The number of hydrogen-bond acceptors (Lipinski definition) is 3. The van der Waals surface area contributed by atoms with E-state index in [0.717, 1.165) is 5.75 Å². The number of rotatable bonds is 10. The molecule has 0 bridgehead atoms. The third kappa shape index (κ3) is 5.90. The van der Waals surface area contributed by atoms with Gasteiger partial charge in [-0.15, -0.1) is 0 Å². The van der Waals surface area contributed by atoms with Gasteiger partial charge in [0.1, 0.15) is 12.4 Å². The monoisotopic (exact) mass is 394 g/mol. The van der Waals surface area contributed by atoms with Crippen LogP contribution in [0.15, 0.2) is 84.9 Å². The van der Waals surface area contributed by atoms with Gasteiger partial charge >= 0.3 is 0 Å². The lowest BCUT2D eigenvalue weighted by Gasteiger charge is -2.20. The highest BCUT2D eigenvalue weighted by molar-refractivity contribution is 7.79. The quantitative estimate of drug-likeness (QED) is 0.386. The van der Waals surface area contributed by atoms with Crippen LogP contribution in [0.25, 0.3) is 0 Å². The summed E-state index contributed by atoms with van der Waals surface area (Å²) in [6, 6.07) is 29.9. The van der Waals surface area contributed by atoms with Crippen LogP contribution in [-0.2, 0) is 9.47 Å². The van der Waals surface area contributed by atoms with Crippen LogP contribution in [-0.4, -0.2) is 33.0 Å². The molecule has 0 fully saturated rings. The van der Waals surface area contributed by atoms with Crippen molar-refractivity contribution in [2.45, 2.75) is 13.0 Å². The third-order valence-electron chi connectivity index (χ3n) is 4.30. The summed E-state index contributed by atoms with van der Waals surface area (Å²) in [5.74, 6) is 0.863. The highest BCUT2D eigenvalue weighted by atomic mass is 31.1. The summed E-state index contributed by atoms with van der Waals surface area (Å²) >= 11 is 0. The van der Waals surface area contributed by atoms with Crippen LogP contribution < -0.4 is 20.7 Å². The van der Waals surface area contributed by atoms with Gasteiger partial charge in [-0.3, -0.25) is 0 Å². The van der Waals surface area contributed by atoms with E-state index in [1.54, 1.807) is 7.11 Å². The molecule has 0 N–H and O–H groups in total. The van der Waals surface area contributed by atoms with Gasteiger partial charge in [0.15, 0.2) is 0 Å².